The van der Waals surface area contributed by atoms with E-state index in [9.17, 15) is 14.3 Å². The maximum atomic E-state index is 14.3. The first-order valence-electron chi connectivity index (χ1n) is 10.0. The number of nitrogens with one attached hydrogen (secondary N) is 2. The van der Waals surface area contributed by atoms with Crippen molar-refractivity contribution in [2.24, 2.45) is 0 Å². The van der Waals surface area contributed by atoms with Crippen molar-refractivity contribution in [3.8, 4) is 0 Å². The van der Waals surface area contributed by atoms with E-state index >= 15 is 0 Å². The zero-order chi connectivity index (χ0) is 21.7. The van der Waals surface area contributed by atoms with Crippen molar-refractivity contribution >= 4 is 22.9 Å². The van der Waals surface area contributed by atoms with Gasteiger partial charge in [-0.3, -0.25) is 0 Å². The van der Waals surface area contributed by atoms with Crippen LogP contribution in [0, 0.1) is 12.7 Å². The van der Waals surface area contributed by atoms with Crippen molar-refractivity contribution in [1.82, 2.24) is 0 Å². The van der Waals surface area contributed by atoms with Gasteiger partial charge in [-0.25, -0.2) is 9.18 Å². The molecule has 3 N–H and O–H groups in total. The Morgan fingerprint density at radius 2 is 1.83 bits per heavy atom. The van der Waals surface area contributed by atoms with Crippen LogP contribution >= 0.6 is 0 Å². The van der Waals surface area contributed by atoms with E-state index in [4.69, 9.17) is 0 Å². The number of carbonyl (C=O) groups is 1. The van der Waals surface area contributed by atoms with E-state index in [1.165, 1.54) is 6.07 Å². The van der Waals surface area contributed by atoms with Gasteiger partial charge in [0, 0.05) is 30.4 Å². The molecule has 1 aliphatic rings. The molecule has 0 spiro atoms. The second-order valence-electron chi connectivity index (χ2n) is 7.55. The molecule has 0 heterocycles. The van der Waals surface area contributed by atoms with E-state index in [-0.39, 0.29) is 17.8 Å². The zero-order valence-electron chi connectivity index (χ0n) is 17.6. The highest BCUT2D eigenvalue weighted by atomic mass is 19.1. The Morgan fingerprint density at radius 3 is 2.47 bits per heavy atom. The van der Waals surface area contributed by atoms with Crippen LogP contribution in [0.5, 0.6) is 0 Å². The molecule has 0 radical (unpaired) electrons. The summed E-state index contributed by atoms with van der Waals surface area (Å²) in [6.45, 7) is 3.86. The van der Waals surface area contributed by atoms with Crippen molar-refractivity contribution < 1.29 is 14.3 Å². The van der Waals surface area contributed by atoms with Crippen molar-refractivity contribution in [2.75, 3.05) is 17.7 Å². The average Bonchev–Trinajstić information content (AvgIpc) is 2.79. The monoisotopic (exact) mass is 406 g/mol. The van der Waals surface area contributed by atoms with Crippen molar-refractivity contribution in [3.63, 3.8) is 0 Å². The fraction of sp³-hybridized carbons (Fsp3) is 0.240. The standard InChI is InChI=1S/C25H27FN2O2/c1-16-7-12-24(23(26)13-16)28-21-6-4-5-17(2)22(15-19(14-21)25(29)30)18-8-10-20(27-3)11-9-18/h6-13,15,27-28H,4-5,14H2,1-3H3,(H,29,30)/b19-15+,21-6+,22-17?. The number of allylic oxidation sites excluding steroid dienone is 5. The molecule has 30 heavy (non-hydrogen) atoms. The Hall–Kier alpha value is -3.34. The van der Waals surface area contributed by atoms with Crippen LogP contribution < -0.4 is 10.6 Å². The van der Waals surface area contributed by atoms with Gasteiger partial charge in [0.15, 0.2) is 0 Å². The summed E-state index contributed by atoms with van der Waals surface area (Å²) in [5.74, 6) is -1.33. The molecule has 156 valence electrons. The number of anilines is 2. The van der Waals surface area contributed by atoms with Gasteiger partial charge in [-0.1, -0.05) is 29.8 Å². The summed E-state index contributed by atoms with van der Waals surface area (Å²) in [6.07, 6.45) is 5.42. The van der Waals surface area contributed by atoms with Crippen LogP contribution in [-0.2, 0) is 4.79 Å². The first kappa shape index (κ1) is 21.4. The van der Waals surface area contributed by atoms with Crippen LogP contribution in [0.1, 0.15) is 37.3 Å². The Labute approximate surface area is 176 Å². The molecule has 5 heteroatoms. The summed E-state index contributed by atoms with van der Waals surface area (Å²) in [6, 6.07) is 12.9. The predicted molar refractivity (Wildman–Crippen MR) is 121 cm³/mol. The van der Waals surface area contributed by atoms with Gasteiger partial charge in [0.25, 0.3) is 0 Å². The minimum absolute atomic E-state index is 0.189. The molecular formula is C25H27FN2O2. The molecule has 0 aromatic heterocycles. The molecule has 3 rings (SSSR count). The number of carboxylic acids is 1. The zero-order valence-corrected chi connectivity index (χ0v) is 17.6. The number of benzene rings is 2. The maximum Gasteiger partial charge on any atom is 0.331 e. The van der Waals surface area contributed by atoms with E-state index in [0.29, 0.717) is 11.4 Å². The lowest BCUT2D eigenvalue weighted by molar-refractivity contribution is -0.132. The van der Waals surface area contributed by atoms with E-state index in [0.717, 1.165) is 40.8 Å². The molecule has 2 aromatic rings. The third-order valence-electron chi connectivity index (χ3n) is 5.25. The van der Waals surface area contributed by atoms with Crippen LogP contribution in [-0.4, -0.2) is 18.1 Å². The van der Waals surface area contributed by atoms with Gasteiger partial charge in [0.2, 0.25) is 0 Å². The number of hydrogen-bond donors (Lipinski definition) is 3. The van der Waals surface area contributed by atoms with Crippen LogP contribution in [0.4, 0.5) is 15.8 Å². The van der Waals surface area contributed by atoms with Gasteiger partial charge in [-0.2, -0.15) is 0 Å². The molecule has 4 nitrogen and oxygen atoms in total. The number of halogens is 1. The van der Waals surface area contributed by atoms with Gasteiger partial charge in [-0.15, -0.1) is 0 Å². The predicted octanol–water partition coefficient (Wildman–Crippen LogP) is 6.14. The normalized spacial score (nSPS) is 18.3. The summed E-state index contributed by atoms with van der Waals surface area (Å²) in [7, 11) is 1.86. The van der Waals surface area contributed by atoms with Crippen LogP contribution in [0.25, 0.3) is 5.57 Å². The fourth-order valence-electron chi connectivity index (χ4n) is 3.50. The number of carboxylic acid groups (broad SMARTS) is 1. The van der Waals surface area contributed by atoms with E-state index in [1.54, 1.807) is 12.1 Å². The van der Waals surface area contributed by atoms with E-state index < -0.39 is 5.97 Å². The number of aliphatic carboxylic acids is 1. The molecule has 0 saturated carbocycles. The highest BCUT2D eigenvalue weighted by Gasteiger charge is 2.16. The molecule has 1 aliphatic carbocycles. The van der Waals surface area contributed by atoms with Gasteiger partial charge in [0.1, 0.15) is 5.82 Å². The second-order valence-corrected chi connectivity index (χ2v) is 7.55. The summed E-state index contributed by atoms with van der Waals surface area (Å²) in [5, 5.41) is 16.0. The van der Waals surface area contributed by atoms with Crippen LogP contribution in [0.15, 0.2) is 71.5 Å². The van der Waals surface area contributed by atoms with Gasteiger partial charge in [0.05, 0.1) is 5.69 Å². The fourth-order valence-corrected chi connectivity index (χ4v) is 3.50. The van der Waals surface area contributed by atoms with Gasteiger partial charge >= 0.3 is 5.97 Å². The number of hydrogen-bond acceptors (Lipinski definition) is 3. The lowest BCUT2D eigenvalue weighted by Gasteiger charge is -2.13. The van der Waals surface area contributed by atoms with Crippen molar-refractivity contribution in [3.05, 3.63) is 88.4 Å². The number of aryl methyl sites for hydroxylation is 1. The minimum atomic E-state index is -0.980. The summed E-state index contributed by atoms with van der Waals surface area (Å²) < 4.78 is 14.3. The molecule has 0 aliphatic heterocycles. The van der Waals surface area contributed by atoms with Crippen LogP contribution in [0.2, 0.25) is 0 Å². The van der Waals surface area contributed by atoms with E-state index in [1.807, 2.05) is 57.3 Å². The summed E-state index contributed by atoms with van der Waals surface area (Å²) >= 11 is 0. The van der Waals surface area contributed by atoms with Crippen molar-refractivity contribution in [2.45, 2.75) is 33.1 Å². The largest absolute Gasteiger partial charge is 0.478 e. The molecule has 0 atom stereocenters. The van der Waals surface area contributed by atoms with Gasteiger partial charge in [-0.05, 0) is 73.7 Å². The maximum absolute atomic E-state index is 14.3. The lowest BCUT2D eigenvalue weighted by atomic mass is 9.95. The molecule has 0 amide bonds. The summed E-state index contributed by atoms with van der Waals surface area (Å²) in [5.41, 5.74) is 6.14. The average molecular weight is 407 g/mol. The number of rotatable bonds is 5. The lowest BCUT2D eigenvalue weighted by Crippen LogP contribution is -2.08. The van der Waals surface area contributed by atoms with Crippen LogP contribution in [0.3, 0.4) is 0 Å². The molecule has 2 aromatic carbocycles. The molecule has 0 bridgehead atoms. The Morgan fingerprint density at radius 1 is 1.10 bits per heavy atom. The summed E-state index contributed by atoms with van der Waals surface area (Å²) in [4.78, 5) is 12.0. The third kappa shape index (κ3) is 5.17. The van der Waals surface area contributed by atoms with Crippen molar-refractivity contribution in [1.29, 1.82) is 0 Å². The Bertz CT molecular complexity index is 1030. The topological polar surface area (TPSA) is 61.4 Å². The molecular weight excluding hydrogens is 379 g/mol. The molecule has 0 unspecified atom stereocenters. The minimum Gasteiger partial charge on any atom is -0.478 e. The van der Waals surface area contributed by atoms with E-state index in [2.05, 4.69) is 10.6 Å². The molecule has 0 fully saturated rings. The third-order valence-corrected chi connectivity index (χ3v) is 5.25. The first-order valence-corrected chi connectivity index (χ1v) is 10.0. The molecule has 0 saturated heterocycles. The highest BCUT2D eigenvalue weighted by Crippen LogP contribution is 2.30. The smallest absolute Gasteiger partial charge is 0.331 e. The van der Waals surface area contributed by atoms with Gasteiger partial charge < -0.3 is 15.7 Å². The quantitative estimate of drug-likeness (QED) is 0.558. The Balaban J connectivity index is 1.94. The Kier molecular flexibility index (Phi) is 6.72. The SMILES string of the molecule is CNc1ccc(C2=C(C)CC/C=C(/Nc3ccc(C)cc3F)C/C(C(=O)O)=C\2)cc1. The second kappa shape index (κ2) is 9.44. The highest BCUT2D eigenvalue weighted by molar-refractivity contribution is 5.92. The first-order chi connectivity index (χ1) is 14.4.